The summed E-state index contributed by atoms with van der Waals surface area (Å²) in [5.74, 6) is 0.771. The highest BCUT2D eigenvalue weighted by Crippen LogP contribution is 2.26. The Morgan fingerprint density at radius 2 is 1.79 bits per heavy atom. The van der Waals surface area contributed by atoms with E-state index in [1.54, 1.807) is 18.2 Å². The molecule has 9 heteroatoms. The van der Waals surface area contributed by atoms with Crippen LogP contribution in [0.4, 0.5) is 0 Å². The number of hydrogen-bond acceptors (Lipinski definition) is 5. The number of benzene rings is 2. The van der Waals surface area contributed by atoms with Crippen LogP contribution in [0.2, 0.25) is 5.02 Å². The molecule has 0 bridgehead atoms. The van der Waals surface area contributed by atoms with E-state index in [1.807, 2.05) is 0 Å². The predicted molar refractivity (Wildman–Crippen MR) is 106 cm³/mol. The van der Waals surface area contributed by atoms with Crippen molar-refractivity contribution in [3.05, 3.63) is 72.4 Å². The Kier molecular flexibility index (Phi) is 4.20. The summed E-state index contributed by atoms with van der Waals surface area (Å²) in [7, 11) is 2.90. The number of aromatic nitrogens is 3. The molecule has 142 valence electrons. The van der Waals surface area contributed by atoms with Crippen molar-refractivity contribution in [2.45, 2.75) is 0 Å². The molecular weight excluding hydrogens is 386 g/mol. The highest BCUT2D eigenvalue weighted by atomic mass is 35.5. The first kappa shape index (κ1) is 17.9. The van der Waals surface area contributed by atoms with Gasteiger partial charge in [0, 0.05) is 16.5 Å². The quantitative estimate of drug-likeness (QED) is 0.514. The average molecular weight is 400 g/mol. The van der Waals surface area contributed by atoms with Crippen molar-refractivity contribution in [1.29, 1.82) is 0 Å². The molecule has 0 saturated carbocycles. The van der Waals surface area contributed by atoms with Gasteiger partial charge >= 0.3 is 0 Å². The number of halogens is 1. The maximum atomic E-state index is 13.1. The number of aromatic amines is 2. The van der Waals surface area contributed by atoms with Gasteiger partial charge in [-0.05, 0) is 30.3 Å². The fourth-order valence-corrected chi connectivity index (χ4v) is 3.27. The van der Waals surface area contributed by atoms with E-state index < -0.39 is 16.5 Å². The third-order valence-corrected chi connectivity index (χ3v) is 4.68. The molecule has 0 spiro atoms. The second-order valence-corrected chi connectivity index (χ2v) is 6.45. The van der Waals surface area contributed by atoms with Gasteiger partial charge in [0.2, 0.25) is 5.43 Å². The molecule has 0 radical (unpaired) electrons. The molecule has 0 aliphatic heterocycles. The van der Waals surface area contributed by atoms with E-state index in [9.17, 15) is 14.4 Å². The zero-order valence-corrected chi connectivity index (χ0v) is 15.6. The highest BCUT2D eigenvalue weighted by molar-refractivity contribution is 6.31. The molecule has 0 aliphatic rings. The molecule has 2 N–H and O–H groups in total. The van der Waals surface area contributed by atoms with Gasteiger partial charge in [-0.15, -0.1) is 0 Å². The molecule has 8 nitrogen and oxygen atoms in total. The van der Waals surface area contributed by atoms with Gasteiger partial charge in [-0.25, -0.2) is 4.68 Å². The van der Waals surface area contributed by atoms with Crippen LogP contribution in [0.25, 0.3) is 27.5 Å². The van der Waals surface area contributed by atoms with Crippen LogP contribution in [0.1, 0.15) is 0 Å². The zero-order valence-electron chi connectivity index (χ0n) is 14.8. The summed E-state index contributed by atoms with van der Waals surface area (Å²) in [6, 6.07) is 9.34. The standard InChI is InChI=1S/C19H14ClN3O5/c1-27-10-4-6-14(28-2)13(8-10)23-19(26)15-16(18(25)22-23)21-12-7-9(20)3-5-11(12)17(15)24/h3-8H,1-2H3,(H,21,24)(H,22,25). The molecule has 2 heterocycles. The third kappa shape index (κ3) is 2.66. The predicted octanol–water partition coefficient (Wildman–Crippen LogP) is 2.19. The normalized spacial score (nSPS) is 11.1. The summed E-state index contributed by atoms with van der Waals surface area (Å²) >= 11 is 5.96. The van der Waals surface area contributed by atoms with Crippen LogP contribution in [0.3, 0.4) is 0 Å². The number of pyridine rings is 1. The number of nitrogens with zero attached hydrogens (tertiary/aromatic N) is 1. The number of hydrogen-bond donors (Lipinski definition) is 2. The van der Waals surface area contributed by atoms with Crippen LogP contribution in [-0.2, 0) is 0 Å². The van der Waals surface area contributed by atoms with E-state index in [2.05, 4.69) is 10.1 Å². The van der Waals surface area contributed by atoms with Crippen LogP contribution >= 0.6 is 11.6 Å². The van der Waals surface area contributed by atoms with Crippen molar-refractivity contribution < 1.29 is 9.47 Å². The summed E-state index contributed by atoms with van der Waals surface area (Å²) in [5, 5.41) is 2.87. The average Bonchev–Trinajstić information content (AvgIpc) is 2.69. The van der Waals surface area contributed by atoms with Crippen LogP contribution in [0.5, 0.6) is 11.5 Å². The van der Waals surface area contributed by atoms with E-state index in [0.29, 0.717) is 22.0 Å². The molecule has 2 aromatic carbocycles. The Balaban J connectivity index is 2.16. The maximum Gasteiger partial charge on any atom is 0.287 e. The second-order valence-electron chi connectivity index (χ2n) is 6.01. The van der Waals surface area contributed by atoms with Crippen LogP contribution in [0.15, 0.2) is 50.8 Å². The number of nitrogens with one attached hydrogen (secondary N) is 2. The minimum atomic E-state index is -0.695. The van der Waals surface area contributed by atoms with Gasteiger partial charge in [0.25, 0.3) is 11.1 Å². The molecule has 28 heavy (non-hydrogen) atoms. The lowest BCUT2D eigenvalue weighted by molar-refractivity contribution is 0.400. The monoisotopic (exact) mass is 399 g/mol. The lowest BCUT2D eigenvalue weighted by Gasteiger charge is -2.13. The van der Waals surface area contributed by atoms with Gasteiger partial charge < -0.3 is 14.5 Å². The van der Waals surface area contributed by atoms with Crippen molar-refractivity contribution in [2.24, 2.45) is 0 Å². The Morgan fingerprint density at radius 1 is 1.00 bits per heavy atom. The van der Waals surface area contributed by atoms with Crippen molar-refractivity contribution >= 4 is 33.4 Å². The minimum Gasteiger partial charge on any atom is -0.497 e. The topological polar surface area (TPSA) is 106 Å². The molecule has 0 amide bonds. The van der Waals surface area contributed by atoms with Gasteiger partial charge in [0.15, 0.2) is 0 Å². The lowest BCUT2D eigenvalue weighted by Crippen LogP contribution is -2.33. The van der Waals surface area contributed by atoms with E-state index in [1.165, 1.54) is 32.4 Å². The lowest BCUT2D eigenvalue weighted by atomic mass is 10.1. The van der Waals surface area contributed by atoms with E-state index in [0.717, 1.165) is 4.68 Å². The summed E-state index contributed by atoms with van der Waals surface area (Å²) in [4.78, 5) is 41.6. The molecule has 0 unspecified atom stereocenters. The first-order valence-corrected chi connectivity index (χ1v) is 8.55. The van der Waals surface area contributed by atoms with E-state index in [-0.39, 0.29) is 22.0 Å². The first-order chi connectivity index (χ1) is 13.4. The molecule has 0 fully saturated rings. The number of methoxy groups -OCH3 is 2. The van der Waals surface area contributed by atoms with Gasteiger partial charge in [-0.1, -0.05) is 11.6 Å². The third-order valence-electron chi connectivity index (χ3n) is 4.45. The molecule has 2 aromatic heterocycles. The van der Waals surface area contributed by atoms with Crippen LogP contribution in [0, 0.1) is 0 Å². The zero-order chi connectivity index (χ0) is 20.0. The Labute approximate surface area is 161 Å². The van der Waals surface area contributed by atoms with Crippen LogP contribution in [-0.4, -0.2) is 29.0 Å². The summed E-state index contributed by atoms with van der Waals surface area (Å²) < 4.78 is 11.4. The SMILES string of the molecule is COc1ccc(OC)c(-n2[nH]c(=O)c3[nH]c4cc(Cl)ccc4c(=O)c3c2=O)c1. The van der Waals surface area contributed by atoms with Gasteiger partial charge in [0.05, 0.1) is 19.7 Å². The molecule has 0 atom stereocenters. The Bertz CT molecular complexity index is 1420. The molecule has 0 aliphatic carbocycles. The number of rotatable bonds is 3. The number of H-pyrrole nitrogens is 2. The Morgan fingerprint density at radius 3 is 2.50 bits per heavy atom. The smallest absolute Gasteiger partial charge is 0.287 e. The summed E-state index contributed by atoms with van der Waals surface area (Å²) in [6.07, 6.45) is 0. The maximum absolute atomic E-state index is 13.1. The van der Waals surface area contributed by atoms with Crippen molar-refractivity contribution in [2.75, 3.05) is 14.2 Å². The fraction of sp³-hybridized carbons (Fsp3) is 0.105. The van der Waals surface area contributed by atoms with E-state index in [4.69, 9.17) is 21.1 Å². The van der Waals surface area contributed by atoms with Crippen molar-refractivity contribution in [3.63, 3.8) is 0 Å². The van der Waals surface area contributed by atoms with Crippen molar-refractivity contribution in [3.8, 4) is 17.2 Å². The fourth-order valence-electron chi connectivity index (χ4n) is 3.10. The highest BCUT2D eigenvalue weighted by Gasteiger charge is 2.17. The number of ether oxygens (including phenoxy) is 2. The van der Waals surface area contributed by atoms with Crippen molar-refractivity contribution in [1.82, 2.24) is 14.8 Å². The summed E-state index contributed by atoms with van der Waals surface area (Å²) in [5.41, 5.74) is -1.42. The largest absolute Gasteiger partial charge is 0.497 e. The minimum absolute atomic E-state index is 0.122. The molecular formula is C19H14ClN3O5. The Hall–Kier alpha value is -3.52. The molecule has 0 saturated heterocycles. The van der Waals surface area contributed by atoms with Gasteiger partial charge in [-0.2, -0.15) is 0 Å². The summed E-state index contributed by atoms with van der Waals surface area (Å²) in [6.45, 7) is 0. The van der Waals surface area contributed by atoms with E-state index >= 15 is 0 Å². The van der Waals surface area contributed by atoms with Gasteiger partial charge in [0.1, 0.15) is 28.1 Å². The first-order valence-electron chi connectivity index (χ1n) is 8.17. The van der Waals surface area contributed by atoms with Gasteiger partial charge in [-0.3, -0.25) is 19.5 Å². The van der Waals surface area contributed by atoms with Crippen LogP contribution < -0.4 is 26.0 Å². The number of fused-ring (bicyclic) bond motifs is 2. The molecule has 4 aromatic rings. The molecule has 4 rings (SSSR count). The second kappa shape index (κ2) is 6.58.